The van der Waals surface area contributed by atoms with Crippen molar-refractivity contribution >= 4 is 74.3 Å². The summed E-state index contributed by atoms with van der Waals surface area (Å²) in [4.78, 5) is 56.7. The standard InChI is InChI=1S/C30H21N3O4S3/c34-22(31-20-13-6-9-17-8-4-5-12-19(17)20)16-32-29-26(40-30(32)37)23(21-14-7-15-38-21)24-25(39-29)28(36)33(27(24)35)18-10-2-1-3-11-18/h1-15,23-25H,16H2,(H,31,34). The van der Waals surface area contributed by atoms with Crippen LogP contribution in [0.25, 0.3) is 10.8 Å². The van der Waals surface area contributed by atoms with Gasteiger partial charge >= 0.3 is 4.87 Å². The van der Waals surface area contributed by atoms with Gasteiger partial charge in [0.05, 0.1) is 16.6 Å². The fraction of sp³-hybridized carbons (Fsp3) is 0.133. The molecule has 0 radical (unpaired) electrons. The maximum Gasteiger partial charge on any atom is 0.308 e. The third-order valence-corrected chi connectivity index (χ3v) is 10.8. The van der Waals surface area contributed by atoms with E-state index in [9.17, 15) is 19.2 Å². The number of para-hydroxylation sites is 1. The molecule has 3 atom stereocenters. The molecule has 3 amide bonds. The molecule has 0 bridgehead atoms. The number of carbonyl (C=O) groups is 3. The Labute approximate surface area is 241 Å². The molecule has 1 fully saturated rings. The van der Waals surface area contributed by atoms with Gasteiger partial charge < -0.3 is 5.32 Å². The van der Waals surface area contributed by atoms with E-state index in [2.05, 4.69) is 5.32 Å². The number of amides is 3. The van der Waals surface area contributed by atoms with E-state index in [1.54, 1.807) is 24.3 Å². The third-order valence-electron chi connectivity index (χ3n) is 7.28. The Balaban J connectivity index is 1.26. The first-order valence-corrected chi connectivity index (χ1v) is 15.2. The van der Waals surface area contributed by atoms with Gasteiger partial charge in [0.1, 0.15) is 11.8 Å². The van der Waals surface area contributed by atoms with Crippen molar-refractivity contribution < 1.29 is 14.4 Å². The number of rotatable bonds is 5. The molecular formula is C30H21N3O4S3. The predicted molar refractivity (Wildman–Crippen MR) is 159 cm³/mol. The minimum atomic E-state index is -0.700. The quantitative estimate of drug-likeness (QED) is 0.274. The number of benzene rings is 3. The van der Waals surface area contributed by atoms with Crippen molar-refractivity contribution in [3.05, 3.63) is 110 Å². The van der Waals surface area contributed by atoms with Crippen LogP contribution in [0, 0.1) is 5.92 Å². The second-order valence-corrected chi connectivity index (χ2v) is 12.7. The molecule has 5 aromatic rings. The van der Waals surface area contributed by atoms with E-state index in [0.29, 0.717) is 16.4 Å². The van der Waals surface area contributed by atoms with Gasteiger partial charge in [-0.2, -0.15) is 0 Å². The molecule has 2 aromatic heterocycles. The summed E-state index contributed by atoms with van der Waals surface area (Å²) in [5.41, 5.74) is 1.20. The van der Waals surface area contributed by atoms with Crippen LogP contribution < -0.4 is 15.1 Å². The summed E-state index contributed by atoms with van der Waals surface area (Å²) < 4.78 is 1.45. The number of hydrogen-bond acceptors (Lipinski definition) is 7. The molecule has 198 valence electrons. The number of fused-ring (bicyclic) bond motifs is 3. The Hall–Kier alpha value is -3.99. The summed E-state index contributed by atoms with van der Waals surface area (Å²) >= 11 is 3.78. The lowest BCUT2D eigenvalue weighted by atomic mass is 9.87. The van der Waals surface area contributed by atoms with Crippen molar-refractivity contribution in [2.45, 2.75) is 22.7 Å². The summed E-state index contributed by atoms with van der Waals surface area (Å²) in [6, 6.07) is 26.2. The number of nitrogens with one attached hydrogen (secondary N) is 1. The SMILES string of the molecule is O=C(Cn1c2c(sc1=O)C(c1cccs1)C1C(=O)N(c3ccccc3)C(=O)C1S2)Nc1cccc2ccccc12. The normalized spacial score (nSPS) is 20.0. The van der Waals surface area contributed by atoms with E-state index >= 15 is 0 Å². The van der Waals surface area contributed by atoms with Crippen molar-refractivity contribution in [1.82, 2.24) is 4.57 Å². The van der Waals surface area contributed by atoms with Crippen LogP contribution in [0.4, 0.5) is 11.4 Å². The highest BCUT2D eigenvalue weighted by Crippen LogP contribution is 2.54. The molecule has 7 nitrogen and oxygen atoms in total. The number of anilines is 2. The van der Waals surface area contributed by atoms with Gasteiger partial charge in [-0.25, -0.2) is 4.90 Å². The van der Waals surface area contributed by atoms with Crippen LogP contribution in [0.2, 0.25) is 0 Å². The number of thiophene rings is 1. The zero-order chi connectivity index (χ0) is 27.4. The lowest BCUT2D eigenvalue weighted by Gasteiger charge is -2.29. The van der Waals surface area contributed by atoms with E-state index in [-0.39, 0.29) is 29.1 Å². The highest BCUT2D eigenvalue weighted by atomic mass is 32.2. The Morgan fingerprint density at radius 3 is 2.42 bits per heavy atom. The molecule has 0 spiro atoms. The predicted octanol–water partition coefficient (Wildman–Crippen LogP) is 5.56. The van der Waals surface area contributed by atoms with E-state index in [1.807, 2.05) is 66.0 Å². The number of nitrogens with zero attached hydrogens (tertiary/aromatic N) is 2. The van der Waals surface area contributed by atoms with Gasteiger partial charge in [0.2, 0.25) is 17.7 Å². The molecule has 2 aliphatic heterocycles. The summed E-state index contributed by atoms with van der Waals surface area (Å²) in [6.07, 6.45) is 0. The van der Waals surface area contributed by atoms with E-state index in [0.717, 1.165) is 31.9 Å². The molecule has 3 aromatic carbocycles. The van der Waals surface area contributed by atoms with Crippen molar-refractivity contribution in [2.24, 2.45) is 5.92 Å². The number of aromatic nitrogens is 1. The Morgan fingerprint density at radius 1 is 0.850 bits per heavy atom. The largest absolute Gasteiger partial charge is 0.324 e. The van der Waals surface area contributed by atoms with E-state index in [4.69, 9.17) is 0 Å². The van der Waals surface area contributed by atoms with Crippen molar-refractivity contribution in [3.63, 3.8) is 0 Å². The van der Waals surface area contributed by atoms with Crippen LogP contribution in [-0.2, 0) is 20.9 Å². The van der Waals surface area contributed by atoms with Gasteiger partial charge in [-0.15, -0.1) is 11.3 Å². The average Bonchev–Trinajstić information content (AvgIpc) is 3.66. The summed E-state index contributed by atoms with van der Waals surface area (Å²) in [5, 5.41) is 6.67. The molecule has 2 aliphatic rings. The highest BCUT2D eigenvalue weighted by molar-refractivity contribution is 8.00. The van der Waals surface area contributed by atoms with Gasteiger partial charge in [0.25, 0.3) is 0 Å². The van der Waals surface area contributed by atoms with Gasteiger partial charge in [0, 0.05) is 26.7 Å². The lowest BCUT2D eigenvalue weighted by Crippen LogP contribution is -2.32. The Kier molecular flexibility index (Phi) is 6.18. The van der Waals surface area contributed by atoms with Crippen LogP contribution in [0.5, 0.6) is 0 Å². The number of thiazole rings is 1. The van der Waals surface area contributed by atoms with Crippen LogP contribution in [0.15, 0.2) is 100 Å². The molecule has 0 aliphatic carbocycles. The van der Waals surface area contributed by atoms with E-state index in [1.165, 1.54) is 32.6 Å². The molecule has 3 unspecified atom stereocenters. The summed E-state index contributed by atoms with van der Waals surface area (Å²) in [6.45, 7) is -0.194. The third kappa shape index (κ3) is 4.02. The number of hydrogen-bond donors (Lipinski definition) is 1. The van der Waals surface area contributed by atoms with Gasteiger partial charge in [-0.1, -0.05) is 83.8 Å². The second kappa shape index (κ2) is 9.88. The van der Waals surface area contributed by atoms with E-state index < -0.39 is 17.1 Å². The minimum Gasteiger partial charge on any atom is -0.324 e. The first-order chi connectivity index (χ1) is 19.5. The highest BCUT2D eigenvalue weighted by Gasteiger charge is 2.57. The molecule has 10 heteroatoms. The van der Waals surface area contributed by atoms with Crippen LogP contribution in [0.3, 0.4) is 0 Å². The number of imide groups is 1. The number of carbonyl (C=O) groups excluding carboxylic acids is 3. The zero-order valence-electron chi connectivity index (χ0n) is 20.9. The maximum absolute atomic E-state index is 13.8. The fourth-order valence-electron chi connectivity index (χ4n) is 5.53. The Morgan fingerprint density at radius 2 is 1.62 bits per heavy atom. The van der Waals surface area contributed by atoms with Gasteiger partial charge in [0.15, 0.2) is 0 Å². The molecule has 0 saturated carbocycles. The monoisotopic (exact) mass is 583 g/mol. The molecule has 40 heavy (non-hydrogen) atoms. The van der Waals surface area contributed by atoms with Crippen molar-refractivity contribution in [2.75, 3.05) is 10.2 Å². The number of thioether (sulfide) groups is 1. The lowest BCUT2D eigenvalue weighted by molar-refractivity contribution is -0.122. The van der Waals surface area contributed by atoms with Crippen molar-refractivity contribution in [1.29, 1.82) is 0 Å². The Bertz CT molecular complexity index is 1840. The van der Waals surface area contributed by atoms with Crippen LogP contribution in [0.1, 0.15) is 15.7 Å². The molecule has 1 N–H and O–H groups in total. The van der Waals surface area contributed by atoms with Gasteiger partial charge in [-0.05, 0) is 35.0 Å². The fourth-order valence-corrected chi connectivity index (χ4v) is 9.25. The first-order valence-electron chi connectivity index (χ1n) is 12.7. The minimum absolute atomic E-state index is 0.194. The molecule has 1 saturated heterocycles. The summed E-state index contributed by atoms with van der Waals surface area (Å²) in [5.74, 6) is -1.98. The van der Waals surface area contributed by atoms with Crippen LogP contribution >= 0.6 is 34.4 Å². The summed E-state index contributed by atoms with van der Waals surface area (Å²) in [7, 11) is 0. The molecular weight excluding hydrogens is 563 g/mol. The molecule has 4 heterocycles. The second-order valence-electron chi connectivity index (χ2n) is 9.60. The zero-order valence-corrected chi connectivity index (χ0v) is 23.3. The average molecular weight is 584 g/mol. The smallest absolute Gasteiger partial charge is 0.308 e. The maximum atomic E-state index is 13.8. The topological polar surface area (TPSA) is 88.5 Å². The van der Waals surface area contributed by atoms with Crippen LogP contribution in [-0.4, -0.2) is 27.5 Å². The molecule has 7 rings (SSSR count). The van der Waals surface area contributed by atoms with Gasteiger partial charge in [-0.3, -0.25) is 23.7 Å². The van der Waals surface area contributed by atoms with Crippen molar-refractivity contribution in [3.8, 4) is 0 Å². The first kappa shape index (κ1) is 25.0.